The van der Waals surface area contributed by atoms with Crippen LogP contribution in [0.3, 0.4) is 0 Å². The van der Waals surface area contributed by atoms with E-state index in [2.05, 4.69) is 0 Å². The third kappa shape index (κ3) is 6.07. The SMILES string of the molecule is CCCC(=O)O[C@@H]1[C@@H](OC(=O)CCC)[C@H](Oc2ccc(N)cc2C(=O)O)OC[C@H]1O. The smallest absolute Gasteiger partial charge is 0.339 e. The van der Waals surface area contributed by atoms with E-state index in [1.165, 1.54) is 18.2 Å². The number of ether oxygens (including phenoxy) is 4. The van der Waals surface area contributed by atoms with Gasteiger partial charge in [-0.3, -0.25) is 9.59 Å². The van der Waals surface area contributed by atoms with E-state index in [-0.39, 0.29) is 36.4 Å². The quantitative estimate of drug-likeness (QED) is 0.391. The number of carbonyl (C=O) groups excluding carboxylic acids is 2. The van der Waals surface area contributed by atoms with Crippen LogP contribution in [-0.2, 0) is 23.8 Å². The van der Waals surface area contributed by atoms with Crippen molar-refractivity contribution >= 4 is 23.6 Å². The third-order valence-electron chi connectivity index (χ3n) is 4.32. The van der Waals surface area contributed by atoms with Crippen LogP contribution < -0.4 is 10.5 Å². The van der Waals surface area contributed by atoms with Crippen LogP contribution in [0.25, 0.3) is 0 Å². The van der Waals surface area contributed by atoms with Crippen molar-refractivity contribution in [1.82, 2.24) is 0 Å². The molecule has 0 aliphatic carbocycles. The Morgan fingerprint density at radius 1 is 1.10 bits per heavy atom. The van der Waals surface area contributed by atoms with Crippen LogP contribution in [-0.4, -0.2) is 59.3 Å². The Kier molecular flexibility index (Phi) is 8.43. The molecular formula is C20H27NO9. The number of carbonyl (C=O) groups is 3. The lowest BCUT2D eigenvalue weighted by Gasteiger charge is -2.39. The van der Waals surface area contributed by atoms with Gasteiger partial charge in [-0.15, -0.1) is 0 Å². The van der Waals surface area contributed by atoms with Crippen LogP contribution in [0.5, 0.6) is 5.75 Å². The number of aliphatic hydroxyl groups is 1. The number of benzene rings is 1. The molecule has 0 spiro atoms. The van der Waals surface area contributed by atoms with Crippen LogP contribution in [0.4, 0.5) is 5.69 Å². The second-order valence-corrected chi connectivity index (χ2v) is 6.86. The molecule has 0 bridgehead atoms. The van der Waals surface area contributed by atoms with E-state index >= 15 is 0 Å². The highest BCUT2D eigenvalue weighted by atomic mass is 16.7. The third-order valence-corrected chi connectivity index (χ3v) is 4.32. The summed E-state index contributed by atoms with van der Waals surface area (Å²) in [7, 11) is 0. The number of nitrogens with two attached hydrogens (primary N) is 1. The van der Waals surface area contributed by atoms with E-state index in [9.17, 15) is 24.6 Å². The van der Waals surface area contributed by atoms with Gasteiger partial charge in [0.2, 0.25) is 12.4 Å². The summed E-state index contributed by atoms with van der Waals surface area (Å²) in [4.78, 5) is 35.7. The summed E-state index contributed by atoms with van der Waals surface area (Å²) < 4.78 is 21.9. The van der Waals surface area contributed by atoms with Crippen LogP contribution >= 0.6 is 0 Å². The van der Waals surface area contributed by atoms with Crippen LogP contribution in [0.1, 0.15) is 49.9 Å². The minimum Gasteiger partial charge on any atom is -0.478 e. The summed E-state index contributed by atoms with van der Waals surface area (Å²) in [5, 5.41) is 19.7. The van der Waals surface area contributed by atoms with Crippen molar-refractivity contribution in [2.24, 2.45) is 0 Å². The van der Waals surface area contributed by atoms with Crippen molar-refractivity contribution in [1.29, 1.82) is 0 Å². The van der Waals surface area contributed by atoms with Crippen LogP contribution in [0, 0.1) is 0 Å². The summed E-state index contributed by atoms with van der Waals surface area (Å²) in [6.07, 6.45) is -3.83. The predicted molar refractivity (Wildman–Crippen MR) is 104 cm³/mol. The zero-order valence-electron chi connectivity index (χ0n) is 16.9. The number of aromatic carboxylic acids is 1. The van der Waals surface area contributed by atoms with Crippen molar-refractivity contribution in [3.05, 3.63) is 23.8 Å². The van der Waals surface area contributed by atoms with E-state index in [0.29, 0.717) is 12.8 Å². The highest BCUT2D eigenvalue weighted by molar-refractivity contribution is 5.92. The molecule has 0 aromatic heterocycles. The minimum atomic E-state index is -1.31. The fourth-order valence-corrected chi connectivity index (χ4v) is 2.90. The van der Waals surface area contributed by atoms with Gasteiger partial charge in [-0.2, -0.15) is 0 Å². The number of carboxylic acid groups (broad SMARTS) is 1. The Hall–Kier alpha value is -2.85. The fraction of sp³-hybridized carbons (Fsp3) is 0.550. The van der Waals surface area contributed by atoms with Crippen LogP contribution in [0.15, 0.2) is 18.2 Å². The highest BCUT2D eigenvalue weighted by Crippen LogP contribution is 2.29. The number of rotatable bonds is 9. The van der Waals surface area contributed by atoms with Crippen molar-refractivity contribution in [2.45, 2.75) is 64.1 Å². The molecule has 10 heteroatoms. The number of esters is 2. The van der Waals surface area contributed by atoms with Gasteiger partial charge in [0.05, 0.1) is 6.61 Å². The molecule has 10 nitrogen and oxygen atoms in total. The molecule has 0 radical (unpaired) electrons. The molecule has 166 valence electrons. The number of anilines is 1. The molecule has 0 amide bonds. The van der Waals surface area contributed by atoms with E-state index in [1.54, 1.807) is 13.8 Å². The first kappa shape index (κ1) is 23.4. The summed E-state index contributed by atoms with van der Waals surface area (Å²) >= 11 is 0. The monoisotopic (exact) mass is 425 g/mol. The van der Waals surface area contributed by atoms with Crippen molar-refractivity contribution < 1.29 is 43.5 Å². The van der Waals surface area contributed by atoms with Crippen molar-refractivity contribution in [3.63, 3.8) is 0 Å². The normalized spacial score (nSPS) is 23.4. The molecule has 4 N–H and O–H groups in total. The minimum absolute atomic E-state index is 0.0757. The van der Waals surface area contributed by atoms with Gasteiger partial charge >= 0.3 is 17.9 Å². The second kappa shape index (κ2) is 10.8. The molecule has 0 unspecified atom stereocenters. The number of hydrogen-bond donors (Lipinski definition) is 3. The molecule has 1 heterocycles. The Morgan fingerprint density at radius 2 is 1.70 bits per heavy atom. The topological polar surface area (TPSA) is 155 Å². The lowest BCUT2D eigenvalue weighted by Crippen LogP contribution is -2.58. The van der Waals surface area contributed by atoms with Gasteiger partial charge in [0.1, 0.15) is 17.4 Å². The maximum atomic E-state index is 12.1. The summed E-state index contributed by atoms with van der Waals surface area (Å²) in [6, 6.07) is 4.00. The lowest BCUT2D eigenvalue weighted by molar-refractivity contribution is -0.257. The van der Waals surface area contributed by atoms with E-state index in [0.717, 1.165) is 0 Å². The predicted octanol–water partition coefficient (Wildman–Crippen LogP) is 1.49. The van der Waals surface area contributed by atoms with Crippen molar-refractivity contribution in [3.8, 4) is 5.75 Å². The Morgan fingerprint density at radius 3 is 2.27 bits per heavy atom. The molecule has 30 heavy (non-hydrogen) atoms. The first-order valence-corrected chi connectivity index (χ1v) is 9.74. The molecular weight excluding hydrogens is 398 g/mol. The zero-order valence-corrected chi connectivity index (χ0v) is 16.9. The molecule has 0 saturated carbocycles. The Balaban J connectivity index is 2.32. The maximum absolute atomic E-state index is 12.1. The summed E-state index contributed by atoms with van der Waals surface area (Å²) in [6.45, 7) is 3.31. The van der Waals surface area contributed by atoms with E-state index in [1.807, 2.05) is 0 Å². The number of aliphatic hydroxyl groups excluding tert-OH is 1. The zero-order chi connectivity index (χ0) is 22.3. The number of carboxylic acids is 1. The summed E-state index contributed by atoms with van der Waals surface area (Å²) in [5.74, 6) is -2.52. The van der Waals surface area contributed by atoms with Gasteiger partial charge in [0.25, 0.3) is 0 Å². The first-order chi connectivity index (χ1) is 14.3. The molecule has 4 atom stereocenters. The molecule has 1 aliphatic rings. The van der Waals surface area contributed by atoms with Gasteiger partial charge in [-0.05, 0) is 31.0 Å². The Labute approximate surface area is 173 Å². The number of hydrogen-bond acceptors (Lipinski definition) is 9. The Bertz CT molecular complexity index is 767. The number of nitrogen functional groups attached to an aromatic ring is 1. The van der Waals surface area contributed by atoms with Gasteiger partial charge in [0.15, 0.2) is 6.10 Å². The highest BCUT2D eigenvalue weighted by Gasteiger charge is 2.46. The van der Waals surface area contributed by atoms with Gasteiger partial charge in [0, 0.05) is 18.5 Å². The lowest BCUT2D eigenvalue weighted by atomic mass is 10.0. The van der Waals surface area contributed by atoms with Gasteiger partial charge < -0.3 is 34.9 Å². The van der Waals surface area contributed by atoms with Crippen LogP contribution in [0.2, 0.25) is 0 Å². The molecule has 1 aromatic carbocycles. The van der Waals surface area contributed by atoms with E-state index < -0.39 is 42.5 Å². The standard InChI is InChI=1S/C20H27NO9/c1-3-5-15(23)29-17-13(22)10-27-20(18(17)30-16(24)6-4-2)28-14-8-7-11(21)9-12(14)19(25)26/h7-9,13,17-18,20,22H,3-6,10,21H2,1-2H3,(H,25,26)/t13-,17+,18-,20+/m1/s1. The molecule has 1 fully saturated rings. The molecule has 1 aliphatic heterocycles. The average molecular weight is 425 g/mol. The first-order valence-electron chi connectivity index (χ1n) is 9.74. The molecule has 1 saturated heterocycles. The average Bonchev–Trinajstić information content (AvgIpc) is 2.68. The molecule has 2 rings (SSSR count). The summed E-state index contributed by atoms with van der Waals surface area (Å²) in [5.41, 5.74) is 5.64. The van der Waals surface area contributed by atoms with Gasteiger partial charge in [-0.1, -0.05) is 13.8 Å². The van der Waals surface area contributed by atoms with Gasteiger partial charge in [-0.25, -0.2) is 4.79 Å². The maximum Gasteiger partial charge on any atom is 0.339 e. The van der Waals surface area contributed by atoms with Crippen molar-refractivity contribution in [2.75, 3.05) is 12.3 Å². The largest absolute Gasteiger partial charge is 0.478 e. The van der Waals surface area contributed by atoms with E-state index in [4.69, 9.17) is 24.7 Å². The second-order valence-electron chi connectivity index (χ2n) is 6.86. The fourth-order valence-electron chi connectivity index (χ4n) is 2.90. The molecule has 1 aromatic rings.